The molecular weight excluding hydrogens is 203 g/mol. The van der Waals surface area contributed by atoms with Crippen molar-refractivity contribution in [2.45, 2.75) is 6.04 Å². The van der Waals surface area contributed by atoms with E-state index in [-0.39, 0.29) is 11.7 Å². The number of amides is 1. The van der Waals surface area contributed by atoms with Crippen LogP contribution in [0.25, 0.3) is 0 Å². The van der Waals surface area contributed by atoms with Gasteiger partial charge in [-0.15, -0.1) is 0 Å². The first-order chi connectivity index (χ1) is 6.66. The van der Waals surface area contributed by atoms with Crippen molar-refractivity contribution in [3.8, 4) is 0 Å². The van der Waals surface area contributed by atoms with Gasteiger partial charge >= 0.3 is 0 Å². The number of thiocarbonyl (C=S) groups is 1. The number of carbonyl (C=O) groups excluding carboxylic acids is 1. The molecule has 72 valence electrons. The lowest BCUT2D eigenvalue weighted by molar-refractivity contribution is -0.120. The van der Waals surface area contributed by atoms with Crippen LogP contribution in [0.1, 0.15) is 11.6 Å². The Balaban J connectivity index is 2.27. The molecule has 1 aliphatic rings. The molecule has 1 atom stereocenters. The van der Waals surface area contributed by atoms with E-state index in [9.17, 15) is 9.18 Å². The van der Waals surface area contributed by atoms with Crippen molar-refractivity contribution >= 4 is 23.2 Å². The maximum atomic E-state index is 12.6. The van der Waals surface area contributed by atoms with E-state index in [1.807, 2.05) is 0 Å². The summed E-state index contributed by atoms with van der Waals surface area (Å²) in [6.45, 7) is 0. The van der Waals surface area contributed by atoms with Crippen LogP contribution in [-0.2, 0) is 4.79 Å². The van der Waals surface area contributed by atoms with E-state index < -0.39 is 6.04 Å². The summed E-state index contributed by atoms with van der Waals surface area (Å²) >= 11 is 4.78. The van der Waals surface area contributed by atoms with Crippen molar-refractivity contribution in [2.75, 3.05) is 0 Å². The maximum Gasteiger partial charge on any atom is 0.253 e. The normalized spacial score (nSPS) is 20.5. The average molecular weight is 210 g/mol. The Hall–Kier alpha value is -1.49. The van der Waals surface area contributed by atoms with Gasteiger partial charge in [0.15, 0.2) is 5.11 Å². The highest BCUT2D eigenvalue weighted by molar-refractivity contribution is 7.80. The number of benzene rings is 1. The third-order valence-electron chi connectivity index (χ3n) is 1.98. The van der Waals surface area contributed by atoms with Gasteiger partial charge in [-0.2, -0.15) is 0 Å². The van der Waals surface area contributed by atoms with Crippen LogP contribution in [0.4, 0.5) is 4.39 Å². The Bertz CT molecular complexity index is 390. The highest BCUT2D eigenvalue weighted by atomic mass is 32.1. The molecule has 1 fully saturated rings. The predicted molar refractivity (Wildman–Crippen MR) is 53.0 cm³/mol. The summed E-state index contributed by atoms with van der Waals surface area (Å²) in [7, 11) is 0. The van der Waals surface area contributed by atoms with Crippen LogP contribution in [0.15, 0.2) is 24.3 Å². The largest absolute Gasteiger partial charge is 0.347 e. The number of carbonyl (C=O) groups is 1. The molecule has 2 rings (SSSR count). The lowest BCUT2D eigenvalue weighted by atomic mass is 10.1. The average Bonchev–Trinajstić information content (AvgIpc) is 2.47. The first-order valence-electron chi connectivity index (χ1n) is 4.03. The predicted octanol–water partition coefficient (Wildman–Crippen LogP) is 0.871. The number of rotatable bonds is 1. The lowest BCUT2D eigenvalue weighted by Crippen LogP contribution is -2.21. The van der Waals surface area contributed by atoms with Crippen molar-refractivity contribution in [3.63, 3.8) is 0 Å². The second-order valence-electron chi connectivity index (χ2n) is 2.95. The van der Waals surface area contributed by atoms with Gasteiger partial charge in [-0.25, -0.2) is 4.39 Å². The molecule has 1 aromatic carbocycles. The monoisotopic (exact) mass is 210 g/mol. The van der Waals surface area contributed by atoms with E-state index in [0.29, 0.717) is 10.7 Å². The van der Waals surface area contributed by atoms with E-state index in [0.717, 1.165) is 0 Å². The molecule has 0 aromatic heterocycles. The van der Waals surface area contributed by atoms with Gasteiger partial charge in [-0.05, 0) is 29.9 Å². The van der Waals surface area contributed by atoms with Gasteiger partial charge < -0.3 is 10.6 Å². The second-order valence-corrected chi connectivity index (χ2v) is 3.36. The van der Waals surface area contributed by atoms with Gasteiger partial charge in [0, 0.05) is 0 Å². The van der Waals surface area contributed by atoms with Crippen molar-refractivity contribution in [3.05, 3.63) is 35.6 Å². The van der Waals surface area contributed by atoms with Crippen molar-refractivity contribution in [2.24, 2.45) is 0 Å². The smallest absolute Gasteiger partial charge is 0.253 e. The van der Waals surface area contributed by atoms with Gasteiger partial charge in [0.25, 0.3) is 5.91 Å². The Kier molecular flexibility index (Phi) is 2.17. The molecule has 0 saturated carbocycles. The van der Waals surface area contributed by atoms with Crippen molar-refractivity contribution < 1.29 is 9.18 Å². The summed E-state index contributed by atoms with van der Waals surface area (Å²) in [5, 5.41) is 5.56. The molecule has 0 bridgehead atoms. The molecule has 0 radical (unpaired) electrons. The lowest BCUT2D eigenvalue weighted by Gasteiger charge is -2.06. The summed E-state index contributed by atoms with van der Waals surface area (Å²) in [5.74, 6) is -0.531. The third kappa shape index (κ3) is 1.58. The fraction of sp³-hybridized carbons (Fsp3) is 0.111. The van der Waals surface area contributed by atoms with Gasteiger partial charge in [0.1, 0.15) is 11.9 Å². The van der Waals surface area contributed by atoms with E-state index in [1.165, 1.54) is 12.1 Å². The molecule has 0 spiro atoms. The SMILES string of the molecule is O=C1NC(=S)NC1c1ccc(F)cc1. The van der Waals surface area contributed by atoms with Crippen LogP contribution >= 0.6 is 12.2 Å². The zero-order chi connectivity index (χ0) is 10.1. The Morgan fingerprint density at radius 1 is 1.29 bits per heavy atom. The molecule has 0 aliphatic carbocycles. The van der Waals surface area contributed by atoms with Crippen molar-refractivity contribution in [1.29, 1.82) is 0 Å². The molecule has 14 heavy (non-hydrogen) atoms. The summed E-state index contributed by atoms with van der Waals surface area (Å²) in [5.41, 5.74) is 0.698. The van der Waals surface area contributed by atoms with Gasteiger partial charge in [-0.1, -0.05) is 12.1 Å². The number of halogens is 1. The molecule has 2 N–H and O–H groups in total. The zero-order valence-corrected chi connectivity index (χ0v) is 7.90. The van der Waals surface area contributed by atoms with Crippen LogP contribution in [0.2, 0.25) is 0 Å². The topological polar surface area (TPSA) is 41.1 Å². The van der Waals surface area contributed by atoms with Crippen molar-refractivity contribution in [1.82, 2.24) is 10.6 Å². The summed E-state index contributed by atoms with van der Waals surface area (Å²) in [6, 6.07) is 5.24. The summed E-state index contributed by atoms with van der Waals surface area (Å²) in [4.78, 5) is 11.3. The van der Waals surface area contributed by atoms with Crippen LogP contribution in [0.3, 0.4) is 0 Å². The standard InChI is InChI=1S/C9H7FN2OS/c10-6-3-1-5(2-4-6)7-8(13)12-9(14)11-7/h1-4,7H,(H2,11,12,13,14). The summed E-state index contributed by atoms with van der Waals surface area (Å²) < 4.78 is 12.6. The molecule has 1 aromatic rings. The molecule has 1 heterocycles. The first kappa shape index (κ1) is 9.08. The van der Waals surface area contributed by atoms with Crippen LogP contribution in [0, 0.1) is 5.82 Å². The van der Waals surface area contributed by atoms with Crippen LogP contribution in [-0.4, -0.2) is 11.0 Å². The Morgan fingerprint density at radius 3 is 2.43 bits per heavy atom. The quantitative estimate of drug-likeness (QED) is 0.676. The molecule has 5 heteroatoms. The number of hydrogen-bond donors (Lipinski definition) is 2. The first-order valence-corrected chi connectivity index (χ1v) is 4.44. The minimum Gasteiger partial charge on any atom is -0.347 e. The number of nitrogens with one attached hydrogen (secondary N) is 2. The van der Waals surface area contributed by atoms with E-state index in [4.69, 9.17) is 12.2 Å². The Labute approximate surface area is 85.3 Å². The molecular formula is C9H7FN2OS. The van der Waals surface area contributed by atoms with E-state index in [2.05, 4.69) is 10.6 Å². The zero-order valence-electron chi connectivity index (χ0n) is 7.08. The van der Waals surface area contributed by atoms with Crippen LogP contribution in [0.5, 0.6) is 0 Å². The third-order valence-corrected chi connectivity index (χ3v) is 2.20. The summed E-state index contributed by atoms with van der Waals surface area (Å²) in [6.07, 6.45) is 0. The minimum atomic E-state index is -0.497. The highest BCUT2D eigenvalue weighted by Crippen LogP contribution is 2.16. The second kappa shape index (κ2) is 3.34. The molecule has 1 saturated heterocycles. The van der Waals surface area contributed by atoms with Gasteiger partial charge in [-0.3, -0.25) is 4.79 Å². The molecule has 1 amide bonds. The highest BCUT2D eigenvalue weighted by Gasteiger charge is 2.28. The molecule has 3 nitrogen and oxygen atoms in total. The fourth-order valence-electron chi connectivity index (χ4n) is 1.31. The van der Waals surface area contributed by atoms with E-state index in [1.54, 1.807) is 12.1 Å². The van der Waals surface area contributed by atoms with Crippen LogP contribution < -0.4 is 10.6 Å². The molecule has 1 aliphatic heterocycles. The Morgan fingerprint density at radius 2 is 1.93 bits per heavy atom. The molecule has 1 unspecified atom stereocenters. The van der Waals surface area contributed by atoms with E-state index >= 15 is 0 Å². The number of hydrogen-bond acceptors (Lipinski definition) is 2. The minimum absolute atomic E-state index is 0.207. The maximum absolute atomic E-state index is 12.6. The van der Waals surface area contributed by atoms with Gasteiger partial charge in [0.2, 0.25) is 0 Å². The van der Waals surface area contributed by atoms with Gasteiger partial charge in [0.05, 0.1) is 0 Å². The fourth-order valence-corrected chi connectivity index (χ4v) is 1.53.